The Labute approximate surface area is 283 Å². The first-order chi connectivity index (χ1) is 23.5. The number of ether oxygens (including phenoxy) is 2. The Morgan fingerprint density at radius 3 is 2.48 bits per heavy atom. The summed E-state index contributed by atoms with van der Waals surface area (Å²) in [7, 11) is 1.99. The van der Waals surface area contributed by atoms with Crippen molar-refractivity contribution < 1.29 is 19.4 Å². The zero-order valence-corrected chi connectivity index (χ0v) is 27.2. The third-order valence-corrected chi connectivity index (χ3v) is 9.53. The van der Waals surface area contributed by atoms with E-state index in [0.29, 0.717) is 18.5 Å². The van der Waals surface area contributed by atoms with Crippen LogP contribution in [0.15, 0.2) is 121 Å². The van der Waals surface area contributed by atoms with Crippen LogP contribution in [-0.4, -0.2) is 42.4 Å². The van der Waals surface area contributed by atoms with E-state index >= 15 is 0 Å². The lowest BCUT2D eigenvalue weighted by Gasteiger charge is -2.36. The fourth-order valence-electron chi connectivity index (χ4n) is 5.75. The van der Waals surface area contributed by atoms with E-state index in [1.165, 1.54) is 6.20 Å². The Kier molecular flexibility index (Phi) is 9.57. The molecule has 1 amide bonds. The van der Waals surface area contributed by atoms with Gasteiger partial charge in [-0.05, 0) is 52.1 Å². The van der Waals surface area contributed by atoms with Gasteiger partial charge in [-0.15, -0.1) is 0 Å². The Bertz CT molecular complexity index is 2030. The maximum absolute atomic E-state index is 12.9. The van der Waals surface area contributed by atoms with Gasteiger partial charge in [-0.2, -0.15) is 0 Å². The lowest BCUT2D eigenvalue weighted by Crippen LogP contribution is -2.31. The average Bonchev–Trinajstić information content (AvgIpc) is 3.57. The Balaban J connectivity index is 1.07. The van der Waals surface area contributed by atoms with Crippen molar-refractivity contribution in [3.05, 3.63) is 144 Å². The van der Waals surface area contributed by atoms with Crippen LogP contribution in [0.25, 0.3) is 22.2 Å². The van der Waals surface area contributed by atoms with Crippen molar-refractivity contribution in [2.75, 3.05) is 5.75 Å². The number of aryl methyl sites for hydroxylation is 1. The molecule has 2 aromatic heterocycles. The van der Waals surface area contributed by atoms with Crippen molar-refractivity contribution in [3.8, 4) is 11.1 Å². The van der Waals surface area contributed by atoms with Gasteiger partial charge in [-0.25, -0.2) is 9.97 Å². The predicted molar refractivity (Wildman–Crippen MR) is 185 cm³/mol. The summed E-state index contributed by atoms with van der Waals surface area (Å²) in [6.07, 6.45) is 5.13. The first kappa shape index (κ1) is 31.7. The molecule has 0 radical (unpaired) electrons. The zero-order valence-electron chi connectivity index (χ0n) is 26.4. The van der Waals surface area contributed by atoms with Gasteiger partial charge in [0.05, 0.1) is 36.0 Å². The molecule has 3 atom stereocenters. The molecular formula is C38H35N5O4S. The fourth-order valence-corrected chi connectivity index (χ4v) is 6.70. The number of aliphatic hydroxyl groups is 1. The summed E-state index contributed by atoms with van der Waals surface area (Å²) < 4.78 is 15.2. The number of nitrogens with zero attached hydrogens (tertiary/aromatic N) is 4. The number of aliphatic hydroxyl groups excluding tert-OH is 1. The van der Waals surface area contributed by atoms with Crippen LogP contribution in [-0.2, 0) is 29.7 Å². The van der Waals surface area contributed by atoms with Gasteiger partial charge in [0.25, 0.3) is 5.91 Å². The van der Waals surface area contributed by atoms with Crippen molar-refractivity contribution >= 4 is 28.7 Å². The van der Waals surface area contributed by atoms with E-state index in [1.807, 2.05) is 90.6 Å². The molecule has 3 heterocycles. The molecule has 1 aliphatic heterocycles. The highest BCUT2D eigenvalue weighted by Gasteiger charge is 2.32. The lowest BCUT2D eigenvalue weighted by molar-refractivity contribution is -0.245. The SMILES string of the molecule is Cn1ccnc1SC[C@H]1C[C@@H](c2ccc(CO)cc2)O[C@@H](c2cccc(-c3cccc(CNC(=O)c4cnc5ccccc5n4)c3)c2)O1. The summed E-state index contributed by atoms with van der Waals surface area (Å²) in [4.78, 5) is 26.2. The minimum Gasteiger partial charge on any atom is -0.392 e. The topological polar surface area (TPSA) is 111 Å². The second-order valence-corrected chi connectivity index (χ2v) is 12.7. The average molecular weight is 658 g/mol. The Hall–Kier alpha value is -4.87. The number of hydrogen-bond acceptors (Lipinski definition) is 8. The number of imidazole rings is 1. The summed E-state index contributed by atoms with van der Waals surface area (Å²) in [6.45, 7) is 0.349. The van der Waals surface area contributed by atoms with Gasteiger partial charge in [0, 0.05) is 43.7 Å². The number of para-hydroxylation sites is 2. The molecule has 7 rings (SSSR count). The van der Waals surface area contributed by atoms with E-state index in [0.717, 1.165) is 49.8 Å². The van der Waals surface area contributed by atoms with Crippen LogP contribution in [0.4, 0.5) is 0 Å². The molecule has 0 bridgehead atoms. The number of hydrogen-bond donors (Lipinski definition) is 2. The second-order valence-electron chi connectivity index (χ2n) is 11.7. The largest absolute Gasteiger partial charge is 0.392 e. The fraction of sp³-hybridized carbons (Fsp3) is 0.211. The summed E-state index contributed by atoms with van der Waals surface area (Å²) in [5.41, 5.74) is 7.54. The van der Waals surface area contributed by atoms with Crippen LogP contribution in [0, 0.1) is 0 Å². The molecular weight excluding hydrogens is 623 g/mol. The van der Waals surface area contributed by atoms with Crippen LogP contribution in [0.2, 0.25) is 0 Å². The van der Waals surface area contributed by atoms with Gasteiger partial charge in [0.1, 0.15) is 5.69 Å². The van der Waals surface area contributed by atoms with Crippen LogP contribution in [0.5, 0.6) is 0 Å². The molecule has 2 N–H and O–H groups in total. The molecule has 1 aliphatic rings. The van der Waals surface area contributed by atoms with Gasteiger partial charge in [0.2, 0.25) is 0 Å². The number of rotatable bonds is 10. The highest BCUT2D eigenvalue weighted by atomic mass is 32.2. The van der Waals surface area contributed by atoms with Crippen molar-refractivity contribution in [2.24, 2.45) is 7.05 Å². The minimum absolute atomic E-state index is 0.0000297. The van der Waals surface area contributed by atoms with Crippen LogP contribution in [0.1, 0.15) is 51.6 Å². The normalized spacial score (nSPS) is 17.8. The van der Waals surface area contributed by atoms with Gasteiger partial charge in [0.15, 0.2) is 11.4 Å². The van der Waals surface area contributed by atoms with E-state index in [2.05, 4.69) is 44.5 Å². The monoisotopic (exact) mass is 657 g/mol. The number of carbonyl (C=O) groups excluding carboxylic acids is 1. The quantitative estimate of drug-likeness (QED) is 0.155. The Morgan fingerprint density at radius 2 is 1.69 bits per heavy atom. The summed E-state index contributed by atoms with van der Waals surface area (Å²) >= 11 is 1.67. The lowest BCUT2D eigenvalue weighted by atomic mass is 9.99. The molecule has 0 aliphatic carbocycles. The van der Waals surface area contributed by atoms with Crippen LogP contribution < -0.4 is 5.32 Å². The summed E-state index contributed by atoms with van der Waals surface area (Å²) in [5.74, 6) is 0.456. The number of aromatic nitrogens is 4. The highest BCUT2D eigenvalue weighted by molar-refractivity contribution is 7.99. The molecule has 1 saturated heterocycles. The second kappa shape index (κ2) is 14.5. The van der Waals surface area contributed by atoms with E-state index in [4.69, 9.17) is 9.47 Å². The van der Waals surface area contributed by atoms with Gasteiger partial charge < -0.3 is 24.5 Å². The molecule has 0 saturated carbocycles. The predicted octanol–water partition coefficient (Wildman–Crippen LogP) is 6.79. The molecule has 6 aromatic rings. The summed E-state index contributed by atoms with van der Waals surface area (Å²) in [5, 5.41) is 13.5. The third-order valence-electron chi connectivity index (χ3n) is 8.34. The smallest absolute Gasteiger partial charge is 0.271 e. The molecule has 48 heavy (non-hydrogen) atoms. The van der Waals surface area contributed by atoms with E-state index < -0.39 is 6.29 Å². The maximum Gasteiger partial charge on any atom is 0.271 e. The number of fused-ring (bicyclic) bond motifs is 1. The Morgan fingerprint density at radius 1 is 0.896 bits per heavy atom. The molecule has 9 nitrogen and oxygen atoms in total. The van der Waals surface area contributed by atoms with Crippen molar-refractivity contribution in [3.63, 3.8) is 0 Å². The highest BCUT2D eigenvalue weighted by Crippen LogP contribution is 2.40. The van der Waals surface area contributed by atoms with Crippen molar-refractivity contribution in [1.29, 1.82) is 0 Å². The standard InChI is InChI=1S/C38H35N5O4S/c1-43-17-16-39-38(43)48-24-31-20-35(27-14-12-25(23-44)13-15-27)47-37(46-31)30-9-5-8-29(19-30)28-7-4-6-26(18-28)21-41-36(45)34-22-40-32-10-2-3-11-33(32)42-34/h2-19,22,31,35,37,44H,20-21,23-24H2,1H3,(H,41,45)/t31-,35+,37+/m1/s1. The molecule has 4 aromatic carbocycles. The van der Waals surface area contributed by atoms with Gasteiger partial charge in [-0.1, -0.05) is 84.6 Å². The van der Waals surface area contributed by atoms with Crippen molar-refractivity contribution in [2.45, 2.75) is 43.2 Å². The third kappa shape index (κ3) is 7.32. The first-order valence-electron chi connectivity index (χ1n) is 15.8. The summed E-state index contributed by atoms with van der Waals surface area (Å²) in [6, 6.07) is 31.7. The number of carbonyl (C=O) groups is 1. The zero-order chi connectivity index (χ0) is 32.9. The maximum atomic E-state index is 12.9. The molecule has 0 spiro atoms. The van der Waals surface area contributed by atoms with Crippen LogP contribution >= 0.6 is 11.8 Å². The van der Waals surface area contributed by atoms with E-state index in [1.54, 1.807) is 18.0 Å². The number of thioether (sulfide) groups is 1. The van der Waals surface area contributed by atoms with Crippen LogP contribution in [0.3, 0.4) is 0 Å². The molecule has 10 heteroatoms. The number of nitrogens with one attached hydrogen (secondary N) is 1. The molecule has 242 valence electrons. The number of benzene rings is 4. The van der Waals surface area contributed by atoms with E-state index in [-0.39, 0.29) is 30.4 Å². The molecule has 1 fully saturated rings. The number of amides is 1. The van der Waals surface area contributed by atoms with Crippen molar-refractivity contribution in [1.82, 2.24) is 24.8 Å². The first-order valence-corrected chi connectivity index (χ1v) is 16.8. The minimum atomic E-state index is -0.571. The molecule has 0 unspecified atom stereocenters. The van der Waals surface area contributed by atoms with Gasteiger partial charge >= 0.3 is 0 Å². The van der Waals surface area contributed by atoms with Gasteiger partial charge in [-0.3, -0.25) is 9.78 Å². The van der Waals surface area contributed by atoms with E-state index in [9.17, 15) is 9.90 Å².